The van der Waals surface area contributed by atoms with Crippen molar-refractivity contribution < 1.29 is 14.7 Å². The summed E-state index contributed by atoms with van der Waals surface area (Å²) in [5.41, 5.74) is -1.28. The third kappa shape index (κ3) is 2.60. The molecule has 0 aromatic carbocycles. The van der Waals surface area contributed by atoms with Crippen LogP contribution in [0.3, 0.4) is 0 Å². The van der Waals surface area contributed by atoms with Gasteiger partial charge in [-0.3, -0.25) is 0 Å². The standard InChI is InChI=1S/C8H10N2O3/c11-5-9-7-1-3-8(13,4-2-7)10-6-12/h7,13H,1-4H2. The summed E-state index contributed by atoms with van der Waals surface area (Å²) in [7, 11) is 0. The molecule has 0 heterocycles. The highest BCUT2D eigenvalue weighted by molar-refractivity contribution is 5.35. The molecule has 0 aliphatic heterocycles. The number of carbonyl (C=O) groups excluding carboxylic acids is 2. The van der Waals surface area contributed by atoms with Crippen molar-refractivity contribution in [1.29, 1.82) is 0 Å². The fourth-order valence-electron chi connectivity index (χ4n) is 1.47. The molecule has 0 aromatic rings. The van der Waals surface area contributed by atoms with Gasteiger partial charge in [0.25, 0.3) is 0 Å². The highest BCUT2D eigenvalue weighted by Gasteiger charge is 2.32. The molecule has 0 spiro atoms. The number of aliphatic hydroxyl groups is 1. The molecule has 0 atom stereocenters. The van der Waals surface area contributed by atoms with Crippen LogP contribution in [0.4, 0.5) is 0 Å². The van der Waals surface area contributed by atoms with Crippen LogP contribution in [0.5, 0.6) is 0 Å². The first kappa shape index (κ1) is 9.81. The lowest BCUT2D eigenvalue weighted by molar-refractivity contribution is 0.00874. The second kappa shape index (κ2) is 4.10. The van der Waals surface area contributed by atoms with Gasteiger partial charge >= 0.3 is 0 Å². The monoisotopic (exact) mass is 182 g/mol. The number of nitrogens with zero attached hydrogens (tertiary/aromatic N) is 2. The Kier molecular flexibility index (Phi) is 3.09. The summed E-state index contributed by atoms with van der Waals surface area (Å²) < 4.78 is 0. The summed E-state index contributed by atoms with van der Waals surface area (Å²) in [6.45, 7) is 0. The summed E-state index contributed by atoms with van der Waals surface area (Å²) in [6.07, 6.45) is 4.62. The minimum Gasteiger partial charge on any atom is -0.368 e. The molecule has 5 nitrogen and oxygen atoms in total. The van der Waals surface area contributed by atoms with Gasteiger partial charge in [0.15, 0.2) is 5.72 Å². The average Bonchev–Trinajstić information content (AvgIpc) is 2.10. The second-order valence-electron chi connectivity index (χ2n) is 3.14. The van der Waals surface area contributed by atoms with Gasteiger partial charge in [-0.05, 0) is 25.7 Å². The average molecular weight is 182 g/mol. The maximum Gasteiger partial charge on any atom is 0.237 e. The smallest absolute Gasteiger partial charge is 0.237 e. The van der Waals surface area contributed by atoms with Crippen molar-refractivity contribution in [2.75, 3.05) is 0 Å². The predicted octanol–water partition coefficient (Wildman–Crippen LogP) is 0.289. The van der Waals surface area contributed by atoms with Gasteiger partial charge in [0.1, 0.15) is 0 Å². The van der Waals surface area contributed by atoms with Crippen molar-refractivity contribution in [3.63, 3.8) is 0 Å². The van der Waals surface area contributed by atoms with E-state index in [0.29, 0.717) is 25.7 Å². The van der Waals surface area contributed by atoms with Crippen molar-refractivity contribution in [3.05, 3.63) is 0 Å². The molecule has 1 aliphatic carbocycles. The van der Waals surface area contributed by atoms with E-state index in [4.69, 9.17) is 0 Å². The molecule has 0 aromatic heterocycles. The van der Waals surface area contributed by atoms with Crippen LogP contribution < -0.4 is 0 Å². The number of hydrogen-bond acceptors (Lipinski definition) is 5. The van der Waals surface area contributed by atoms with E-state index < -0.39 is 5.72 Å². The quantitative estimate of drug-likeness (QED) is 0.492. The van der Waals surface area contributed by atoms with Crippen molar-refractivity contribution in [1.82, 2.24) is 0 Å². The van der Waals surface area contributed by atoms with E-state index in [-0.39, 0.29) is 6.04 Å². The van der Waals surface area contributed by atoms with Gasteiger partial charge in [0.2, 0.25) is 12.2 Å². The van der Waals surface area contributed by atoms with Crippen molar-refractivity contribution in [2.24, 2.45) is 9.98 Å². The topological polar surface area (TPSA) is 79.1 Å². The zero-order chi connectivity index (χ0) is 9.73. The maximum atomic E-state index is 9.95. The Bertz CT molecular complexity index is 269. The lowest BCUT2D eigenvalue weighted by atomic mass is 9.89. The van der Waals surface area contributed by atoms with Crippen LogP contribution in [-0.4, -0.2) is 29.0 Å². The molecule has 0 unspecified atom stereocenters. The van der Waals surface area contributed by atoms with E-state index in [1.807, 2.05) is 0 Å². The van der Waals surface area contributed by atoms with Crippen molar-refractivity contribution in [3.8, 4) is 0 Å². The highest BCUT2D eigenvalue weighted by Crippen LogP contribution is 2.30. The lowest BCUT2D eigenvalue weighted by Crippen LogP contribution is -2.33. The van der Waals surface area contributed by atoms with Crippen LogP contribution in [0, 0.1) is 0 Å². The van der Waals surface area contributed by atoms with Crippen LogP contribution in [0.1, 0.15) is 25.7 Å². The molecule has 1 fully saturated rings. The first-order chi connectivity index (χ1) is 6.20. The minimum absolute atomic E-state index is 0.0837. The van der Waals surface area contributed by atoms with Crippen LogP contribution >= 0.6 is 0 Å². The third-order valence-corrected chi connectivity index (χ3v) is 2.24. The Morgan fingerprint density at radius 1 is 1.23 bits per heavy atom. The molecule has 0 radical (unpaired) electrons. The van der Waals surface area contributed by atoms with Gasteiger partial charge in [0.05, 0.1) is 6.04 Å². The maximum absolute atomic E-state index is 9.95. The second-order valence-corrected chi connectivity index (χ2v) is 3.14. The molecule has 0 amide bonds. The molecule has 13 heavy (non-hydrogen) atoms. The summed E-state index contributed by atoms with van der Waals surface area (Å²) in [5, 5.41) is 9.59. The first-order valence-electron chi connectivity index (χ1n) is 4.08. The SMILES string of the molecule is O=C=NC1CCC(O)(N=C=O)CC1. The van der Waals surface area contributed by atoms with Crippen molar-refractivity contribution in [2.45, 2.75) is 37.5 Å². The van der Waals surface area contributed by atoms with Gasteiger partial charge in [-0.15, -0.1) is 0 Å². The summed E-state index contributed by atoms with van der Waals surface area (Å²) in [4.78, 5) is 26.7. The molecular weight excluding hydrogens is 172 g/mol. The van der Waals surface area contributed by atoms with Crippen LogP contribution in [0.25, 0.3) is 0 Å². The van der Waals surface area contributed by atoms with E-state index in [1.54, 1.807) is 0 Å². The van der Waals surface area contributed by atoms with Crippen molar-refractivity contribution >= 4 is 12.2 Å². The Labute approximate surface area is 75.2 Å². The molecule has 1 rings (SSSR count). The molecule has 1 N–H and O–H groups in total. The first-order valence-corrected chi connectivity index (χ1v) is 4.08. The number of isocyanates is 2. The fourth-order valence-corrected chi connectivity index (χ4v) is 1.47. The molecule has 0 saturated heterocycles. The summed E-state index contributed by atoms with van der Waals surface area (Å²) in [6, 6.07) is -0.0837. The Balaban J connectivity index is 2.55. The lowest BCUT2D eigenvalue weighted by Gasteiger charge is -2.29. The molecule has 5 heteroatoms. The zero-order valence-corrected chi connectivity index (χ0v) is 7.06. The van der Waals surface area contributed by atoms with Crippen LogP contribution in [0.2, 0.25) is 0 Å². The Hall–Kier alpha value is -1.28. The Morgan fingerprint density at radius 2 is 1.85 bits per heavy atom. The van der Waals surface area contributed by atoms with Gasteiger partial charge in [-0.2, -0.15) is 4.99 Å². The number of hydrogen-bond donors (Lipinski definition) is 1. The predicted molar refractivity (Wildman–Crippen MR) is 43.4 cm³/mol. The van der Waals surface area contributed by atoms with E-state index >= 15 is 0 Å². The van der Waals surface area contributed by atoms with Gasteiger partial charge in [-0.1, -0.05) is 0 Å². The number of rotatable bonds is 2. The normalized spacial score (nSPS) is 32.8. The largest absolute Gasteiger partial charge is 0.368 e. The molecule has 1 saturated carbocycles. The van der Waals surface area contributed by atoms with Gasteiger partial charge < -0.3 is 5.11 Å². The van der Waals surface area contributed by atoms with E-state index in [2.05, 4.69) is 9.98 Å². The molecular formula is C8H10N2O3. The highest BCUT2D eigenvalue weighted by atomic mass is 16.3. The zero-order valence-electron chi connectivity index (χ0n) is 7.06. The minimum atomic E-state index is -1.28. The van der Waals surface area contributed by atoms with E-state index in [9.17, 15) is 14.7 Å². The summed E-state index contributed by atoms with van der Waals surface area (Å²) in [5.74, 6) is 0. The summed E-state index contributed by atoms with van der Waals surface area (Å²) >= 11 is 0. The van der Waals surface area contributed by atoms with E-state index in [0.717, 1.165) is 0 Å². The molecule has 70 valence electrons. The van der Waals surface area contributed by atoms with E-state index in [1.165, 1.54) is 12.2 Å². The molecule has 1 aliphatic rings. The number of aliphatic imine (C=N–C) groups is 2. The van der Waals surface area contributed by atoms with Gasteiger partial charge in [0, 0.05) is 0 Å². The van der Waals surface area contributed by atoms with Gasteiger partial charge in [-0.25, -0.2) is 14.6 Å². The molecule has 0 bridgehead atoms. The van der Waals surface area contributed by atoms with Crippen LogP contribution in [0.15, 0.2) is 9.98 Å². The third-order valence-electron chi connectivity index (χ3n) is 2.24. The van der Waals surface area contributed by atoms with Crippen LogP contribution in [-0.2, 0) is 9.59 Å². The fraction of sp³-hybridized carbons (Fsp3) is 0.750. The Morgan fingerprint density at radius 3 is 2.31 bits per heavy atom.